The van der Waals surface area contributed by atoms with Gasteiger partial charge in [-0.05, 0) is 67.1 Å². The number of benzene rings is 2. The quantitative estimate of drug-likeness (QED) is 0.543. The fourth-order valence-electron chi connectivity index (χ4n) is 5.36. The van der Waals surface area contributed by atoms with Gasteiger partial charge in [0.2, 0.25) is 0 Å². The highest BCUT2D eigenvalue weighted by Gasteiger charge is 2.34. The van der Waals surface area contributed by atoms with Crippen LogP contribution in [-0.4, -0.2) is 61.5 Å². The van der Waals surface area contributed by atoms with Crippen molar-refractivity contribution in [1.29, 1.82) is 0 Å². The Hall–Kier alpha value is -3.07. The van der Waals surface area contributed by atoms with Crippen LogP contribution >= 0.6 is 0 Å². The maximum atomic E-state index is 12.6. The molecule has 3 aliphatic rings. The molecule has 1 amide bonds. The van der Waals surface area contributed by atoms with Crippen LogP contribution in [0.4, 0.5) is 0 Å². The molecule has 4 heterocycles. The summed E-state index contributed by atoms with van der Waals surface area (Å²) in [6.07, 6.45) is 3.36. The monoisotopic (exact) mass is 492 g/mol. The average molecular weight is 493 g/mol. The van der Waals surface area contributed by atoms with E-state index < -0.39 is 5.60 Å². The Balaban J connectivity index is 1.09. The van der Waals surface area contributed by atoms with Crippen LogP contribution in [0.25, 0.3) is 11.0 Å². The van der Waals surface area contributed by atoms with E-state index in [9.17, 15) is 9.90 Å². The van der Waals surface area contributed by atoms with E-state index in [1.807, 2.05) is 24.3 Å². The molecule has 0 saturated carbocycles. The third-order valence-electron chi connectivity index (χ3n) is 7.49. The van der Waals surface area contributed by atoms with E-state index in [1.165, 1.54) is 5.56 Å². The second-order valence-corrected chi connectivity index (χ2v) is 9.99. The molecule has 0 aliphatic carbocycles. The number of aliphatic hydroxyl groups is 1. The zero-order chi connectivity index (χ0) is 24.5. The molecule has 8 nitrogen and oxygen atoms in total. The van der Waals surface area contributed by atoms with Gasteiger partial charge in [-0.25, -0.2) is 0 Å². The summed E-state index contributed by atoms with van der Waals surface area (Å²) in [5.41, 5.74) is 1.77. The second-order valence-electron chi connectivity index (χ2n) is 9.99. The van der Waals surface area contributed by atoms with Gasteiger partial charge in [-0.3, -0.25) is 9.69 Å². The van der Waals surface area contributed by atoms with Crippen LogP contribution in [0.2, 0.25) is 0 Å². The maximum absolute atomic E-state index is 12.6. The zero-order valence-electron chi connectivity index (χ0n) is 20.3. The molecular formula is C28H32N2O6. The van der Waals surface area contributed by atoms with Crippen LogP contribution in [0.15, 0.2) is 46.9 Å². The SMILES string of the molecule is O=C(NC[C@@H]1CCCO1)c1cc2cc(C3(O)CCN(Cc4ccc5c(c4)OCCO5)CC3)ccc2o1. The van der Waals surface area contributed by atoms with Gasteiger partial charge < -0.3 is 29.1 Å². The van der Waals surface area contributed by atoms with Gasteiger partial charge in [0.25, 0.3) is 5.91 Å². The number of furan rings is 1. The second kappa shape index (κ2) is 9.76. The first-order valence-corrected chi connectivity index (χ1v) is 12.8. The number of amides is 1. The Bertz CT molecular complexity index is 1240. The Morgan fingerprint density at radius 3 is 2.67 bits per heavy atom. The van der Waals surface area contributed by atoms with E-state index in [-0.39, 0.29) is 17.8 Å². The number of rotatable bonds is 6. The van der Waals surface area contributed by atoms with Crippen molar-refractivity contribution in [3.05, 3.63) is 59.4 Å². The van der Waals surface area contributed by atoms with Crippen LogP contribution in [-0.2, 0) is 16.9 Å². The molecule has 0 unspecified atom stereocenters. The first-order valence-electron chi connectivity index (χ1n) is 12.8. The number of nitrogens with one attached hydrogen (secondary N) is 1. The third-order valence-corrected chi connectivity index (χ3v) is 7.49. The molecule has 0 radical (unpaired) electrons. The third kappa shape index (κ3) is 4.81. The summed E-state index contributed by atoms with van der Waals surface area (Å²) in [5, 5.41) is 15.2. The highest BCUT2D eigenvalue weighted by molar-refractivity contribution is 5.96. The molecule has 0 spiro atoms. The van der Waals surface area contributed by atoms with Gasteiger partial charge in [-0.2, -0.15) is 0 Å². The summed E-state index contributed by atoms with van der Waals surface area (Å²) in [6, 6.07) is 13.6. The van der Waals surface area contributed by atoms with Crippen LogP contribution in [0.5, 0.6) is 11.5 Å². The number of likely N-dealkylation sites (tertiary alicyclic amines) is 1. The fraction of sp³-hybridized carbons (Fsp3) is 0.464. The van der Waals surface area contributed by atoms with Crippen molar-refractivity contribution in [2.24, 2.45) is 0 Å². The summed E-state index contributed by atoms with van der Waals surface area (Å²) in [5.74, 6) is 1.65. The minimum absolute atomic E-state index is 0.0830. The van der Waals surface area contributed by atoms with Gasteiger partial charge in [0, 0.05) is 38.2 Å². The van der Waals surface area contributed by atoms with Crippen molar-refractivity contribution in [3.8, 4) is 11.5 Å². The van der Waals surface area contributed by atoms with Crippen LogP contribution in [0.1, 0.15) is 47.4 Å². The van der Waals surface area contributed by atoms with Gasteiger partial charge in [0.05, 0.1) is 11.7 Å². The van der Waals surface area contributed by atoms with Crippen molar-refractivity contribution >= 4 is 16.9 Å². The summed E-state index contributed by atoms with van der Waals surface area (Å²) in [4.78, 5) is 14.9. The zero-order valence-corrected chi connectivity index (χ0v) is 20.3. The van der Waals surface area contributed by atoms with E-state index in [2.05, 4.69) is 22.3 Å². The lowest BCUT2D eigenvalue weighted by Gasteiger charge is -2.38. The highest BCUT2D eigenvalue weighted by atomic mass is 16.6. The standard InChI is InChI=1S/C28H32N2O6/c31-27(29-17-22-2-1-11-33-22)26-16-20-15-21(4-6-23(20)36-26)28(32)7-9-30(10-8-28)18-19-3-5-24-25(14-19)35-13-12-34-24/h3-6,14-16,22,32H,1-2,7-13,17-18H2,(H,29,31)/t22-/m0/s1. The van der Waals surface area contributed by atoms with E-state index in [0.717, 1.165) is 61.5 Å². The predicted molar refractivity (Wildman–Crippen MR) is 133 cm³/mol. The van der Waals surface area contributed by atoms with Gasteiger partial charge >= 0.3 is 0 Å². The Morgan fingerprint density at radius 2 is 1.86 bits per heavy atom. The van der Waals surface area contributed by atoms with Crippen LogP contribution < -0.4 is 14.8 Å². The summed E-state index contributed by atoms with van der Waals surface area (Å²) >= 11 is 0. The number of ether oxygens (including phenoxy) is 3. The summed E-state index contributed by atoms with van der Waals surface area (Å²) in [6.45, 7) is 4.78. The lowest BCUT2D eigenvalue weighted by atomic mass is 9.84. The van der Waals surface area contributed by atoms with E-state index in [4.69, 9.17) is 18.6 Å². The highest BCUT2D eigenvalue weighted by Crippen LogP contribution is 2.36. The van der Waals surface area contributed by atoms with Crippen LogP contribution in [0, 0.1) is 0 Å². The molecule has 1 atom stereocenters. The van der Waals surface area contributed by atoms with Crippen molar-refractivity contribution in [1.82, 2.24) is 10.2 Å². The first-order chi connectivity index (χ1) is 17.6. The molecule has 8 heteroatoms. The van der Waals surface area contributed by atoms with Crippen molar-refractivity contribution in [3.63, 3.8) is 0 Å². The first kappa shape index (κ1) is 23.3. The Labute approximate surface area is 210 Å². The molecule has 36 heavy (non-hydrogen) atoms. The summed E-state index contributed by atoms with van der Waals surface area (Å²) < 4.78 is 22.7. The van der Waals surface area contributed by atoms with Gasteiger partial charge in [0.1, 0.15) is 18.8 Å². The average Bonchev–Trinajstić information content (AvgIpc) is 3.58. The number of fused-ring (bicyclic) bond motifs is 2. The van der Waals surface area contributed by atoms with E-state index in [0.29, 0.717) is 38.2 Å². The minimum atomic E-state index is -0.906. The van der Waals surface area contributed by atoms with Crippen molar-refractivity contribution < 1.29 is 28.5 Å². The minimum Gasteiger partial charge on any atom is -0.486 e. The molecule has 2 N–H and O–H groups in total. The lowest BCUT2D eigenvalue weighted by molar-refractivity contribution is -0.0276. The molecule has 2 saturated heterocycles. The molecule has 3 aliphatic heterocycles. The maximum Gasteiger partial charge on any atom is 0.287 e. The Kier molecular flexibility index (Phi) is 6.33. The molecule has 0 bridgehead atoms. The molecule has 2 aromatic carbocycles. The molecule has 1 aromatic heterocycles. The van der Waals surface area contributed by atoms with Crippen molar-refractivity contribution in [2.45, 2.75) is 43.9 Å². The number of hydrogen-bond acceptors (Lipinski definition) is 7. The van der Waals surface area contributed by atoms with Crippen molar-refractivity contribution in [2.75, 3.05) is 39.5 Å². The fourth-order valence-corrected chi connectivity index (χ4v) is 5.36. The number of hydrogen-bond donors (Lipinski definition) is 2. The molecule has 190 valence electrons. The number of nitrogens with zero attached hydrogens (tertiary/aromatic N) is 1. The predicted octanol–water partition coefficient (Wildman–Crippen LogP) is 3.60. The topological polar surface area (TPSA) is 93.4 Å². The van der Waals surface area contributed by atoms with Gasteiger partial charge in [-0.1, -0.05) is 12.1 Å². The molecule has 3 aromatic rings. The number of piperidine rings is 1. The largest absolute Gasteiger partial charge is 0.486 e. The van der Waals surface area contributed by atoms with E-state index in [1.54, 1.807) is 6.07 Å². The lowest BCUT2D eigenvalue weighted by Crippen LogP contribution is -2.42. The normalized spacial score (nSPS) is 21.5. The number of carbonyl (C=O) groups excluding carboxylic acids is 1. The molecule has 6 rings (SSSR count). The van der Waals surface area contributed by atoms with Gasteiger partial charge in [0.15, 0.2) is 17.3 Å². The van der Waals surface area contributed by atoms with Crippen LogP contribution in [0.3, 0.4) is 0 Å². The van der Waals surface area contributed by atoms with E-state index >= 15 is 0 Å². The summed E-state index contributed by atoms with van der Waals surface area (Å²) in [7, 11) is 0. The molecule has 2 fully saturated rings. The van der Waals surface area contributed by atoms with Gasteiger partial charge in [-0.15, -0.1) is 0 Å². The number of carbonyl (C=O) groups is 1. The Morgan fingerprint density at radius 1 is 1.03 bits per heavy atom. The smallest absolute Gasteiger partial charge is 0.287 e. The molecular weight excluding hydrogens is 460 g/mol.